The summed E-state index contributed by atoms with van der Waals surface area (Å²) in [6, 6.07) is 10.3. The number of nitrogens with zero attached hydrogens (tertiary/aromatic N) is 5. The number of likely N-dealkylation sites (tertiary alicyclic amines) is 1. The molecular formula is C36H40F2N6O3. The summed E-state index contributed by atoms with van der Waals surface area (Å²) in [5, 5.41) is 3.02. The quantitative estimate of drug-likeness (QED) is 0.215. The van der Waals surface area contributed by atoms with Gasteiger partial charge in [-0.3, -0.25) is 4.79 Å². The second-order valence-corrected chi connectivity index (χ2v) is 13.8. The van der Waals surface area contributed by atoms with Crippen LogP contribution in [0.4, 0.5) is 26.0 Å². The SMILES string of the molecule is COC(=O)c1cc(Nc2nc(-c3ccc4c(c3)N(C3CC(N5CCCCC5)C3)C(=O)C4(C)C)cc3ncn(C(C)C)c23)c(F)cc1F. The molecule has 1 amide bonds. The maximum absolute atomic E-state index is 15.1. The van der Waals surface area contributed by atoms with Gasteiger partial charge in [-0.25, -0.2) is 23.5 Å². The zero-order valence-electron chi connectivity index (χ0n) is 27.4. The van der Waals surface area contributed by atoms with Crippen LogP contribution in [-0.4, -0.2) is 63.6 Å². The number of imidazole rings is 1. The highest BCUT2D eigenvalue weighted by Gasteiger charge is 2.50. The number of amides is 1. The molecule has 3 aliphatic rings. The zero-order valence-corrected chi connectivity index (χ0v) is 27.4. The predicted molar refractivity (Wildman–Crippen MR) is 177 cm³/mol. The van der Waals surface area contributed by atoms with Gasteiger partial charge in [0.15, 0.2) is 5.82 Å². The van der Waals surface area contributed by atoms with Crippen LogP contribution in [0.5, 0.6) is 0 Å². The van der Waals surface area contributed by atoms with Crippen molar-refractivity contribution in [2.45, 2.75) is 83.3 Å². The van der Waals surface area contributed by atoms with Crippen molar-refractivity contribution in [1.82, 2.24) is 19.4 Å². The number of benzene rings is 2. The van der Waals surface area contributed by atoms with Crippen molar-refractivity contribution in [2.75, 3.05) is 30.4 Å². The largest absolute Gasteiger partial charge is 0.465 e. The Bertz CT molecular complexity index is 1890. The van der Waals surface area contributed by atoms with E-state index in [9.17, 15) is 14.0 Å². The Hall–Kier alpha value is -4.38. The molecule has 1 saturated heterocycles. The summed E-state index contributed by atoms with van der Waals surface area (Å²) in [6.07, 6.45) is 7.41. The number of carbonyl (C=O) groups excluding carboxylic acids is 2. The van der Waals surface area contributed by atoms with Crippen LogP contribution < -0.4 is 10.2 Å². The third-order valence-corrected chi connectivity index (χ3v) is 10.2. The topological polar surface area (TPSA) is 92.6 Å². The summed E-state index contributed by atoms with van der Waals surface area (Å²) >= 11 is 0. The summed E-state index contributed by atoms with van der Waals surface area (Å²) in [5.74, 6) is -2.42. The molecule has 9 nitrogen and oxygen atoms in total. The fourth-order valence-electron chi connectivity index (χ4n) is 7.38. The number of pyridine rings is 1. The number of fused-ring (bicyclic) bond motifs is 2. The van der Waals surface area contributed by atoms with E-state index in [-0.39, 0.29) is 23.7 Å². The first-order valence-electron chi connectivity index (χ1n) is 16.4. The number of rotatable bonds is 7. The van der Waals surface area contributed by atoms with Crippen molar-refractivity contribution in [3.8, 4) is 11.3 Å². The summed E-state index contributed by atoms with van der Waals surface area (Å²) in [5.41, 5.74) is 3.32. The molecule has 1 aliphatic carbocycles. The van der Waals surface area contributed by atoms with Gasteiger partial charge in [0.05, 0.1) is 41.3 Å². The number of halogens is 2. The highest BCUT2D eigenvalue weighted by Crippen LogP contribution is 2.48. The van der Waals surface area contributed by atoms with Gasteiger partial charge < -0.3 is 24.4 Å². The second kappa shape index (κ2) is 11.7. The van der Waals surface area contributed by atoms with E-state index >= 15 is 4.39 Å². The molecule has 2 aliphatic heterocycles. The number of anilines is 3. The van der Waals surface area contributed by atoms with Crippen molar-refractivity contribution >= 4 is 40.1 Å². The number of carbonyl (C=O) groups is 2. The van der Waals surface area contributed by atoms with Crippen LogP contribution in [0.3, 0.4) is 0 Å². The van der Waals surface area contributed by atoms with E-state index in [1.165, 1.54) is 19.3 Å². The lowest BCUT2D eigenvalue weighted by molar-refractivity contribution is -0.123. The van der Waals surface area contributed by atoms with E-state index < -0.39 is 28.6 Å². The molecule has 0 unspecified atom stereocenters. The van der Waals surface area contributed by atoms with E-state index in [4.69, 9.17) is 9.72 Å². The number of ether oxygens (including phenoxy) is 1. The Morgan fingerprint density at radius 2 is 1.77 bits per heavy atom. The monoisotopic (exact) mass is 642 g/mol. The number of piperidine rings is 1. The number of nitrogens with one attached hydrogen (secondary N) is 1. The van der Waals surface area contributed by atoms with Crippen LogP contribution in [0, 0.1) is 11.6 Å². The first-order valence-corrected chi connectivity index (χ1v) is 16.4. The van der Waals surface area contributed by atoms with Crippen LogP contribution in [0.2, 0.25) is 0 Å². The van der Waals surface area contributed by atoms with E-state index in [1.807, 2.05) is 61.4 Å². The third-order valence-electron chi connectivity index (χ3n) is 10.2. The van der Waals surface area contributed by atoms with E-state index in [0.29, 0.717) is 34.7 Å². The Morgan fingerprint density at radius 1 is 1.02 bits per heavy atom. The van der Waals surface area contributed by atoms with Gasteiger partial charge in [-0.2, -0.15) is 0 Å². The van der Waals surface area contributed by atoms with Crippen LogP contribution in [0.15, 0.2) is 42.7 Å². The maximum atomic E-state index is 15.1. The number of esters is 1. The molecule has 4 heterocycles. The molecule has 0 spiro atoms. The van der Waals surface area contributed by atoms with Gasteiger partial charge in [0.2, 0.25) is 5.91 Å². The minimum Gasteiger partial charge on any atom is -0.465 e. The smallest absolute Gasteiger partial charge is 0.340 e. The third kappa shape index (κ3) is 5.24. The fourth-order valence-corrected chi connectivity index (χ4v) is 7.38. The molecule has 2 aromatic heterocycles. The van der Waals surface area contributed by atoms with Gasteiger partial charge in [-0.05, 0) is 90.2 Å². The van der Waals surface area contributed by atoms with Gasteiger partial charge in [0.25, 0.3) is 0 Å². The number of hydrogen-bond donors (Lipinski definition) is 1. The summed E-state index contributed by atoms with van der Waals surface area (Å²) in [6.45, 7) is 10.2. The molecule has 0 atom stereocenters. The van der Waals surface area contributed by atoms with Crippen molar-refractivity contribution in [1.29, 1.82) is 0 Å². The molecule has 0 bridgehead atoms. The molecule has 2 fully saturated rings. The van der Waals surface area contributed by atoms with Gasteiger partial charge >= 0.3 is 5.97 Å². The van der Waals surface area contributed by atoms with Crippen molar-refractivity contribution in [2.24, 2.45) is 0 Å². The molecule has 2 aromatic carbocycles. The minimum atomic E-state index is -1.02. The first kappa shape index (κ1) is 31.2. The average molecular weight is 643 g/mol. The van der Waals surface area contributed by atoms with Crippen LogP contribution in [0.25, 0.3) is 22.3 Å². The van der Waals surface area contributed by atoms with Gasteiger partial charge in [-0.1, -0.05) is 18.6 Å². The standard InChI is InChI=1S/C36H40F2N6O3/c1-20(2)43-19-39-30-18-28(40-33(32(30)43)41-29-16-24(34(45)47-5)26(37)17-27(29)38)21-9-10-25-31(13-21)44(35(46)36(25,3)4)23-14-22(15-23)42-11-7-6-8-12-42/h9-10,13,16-20,22-23H,6-8,11-12,14-15H2,1-5H3,(H,40,41). The predicted octanol–water partition coefficient (Wildman–Crippen LogP) is 7.13. The summed E-state index contributed by atoms with van der Waals surface area (Å²) in [4.78, 5) is 40.2. The highest BCUT2D eigenvalue weighted by molar-refractivity contribution is 6.09. The van der Waals surface area contributed by atoms with Crippen molar-refractivity contribution in [3.63, 3.8) is 0 Å². The summed E-state index contributed by atoms with van der Waals surface area (Å²) < 4.78 is 36.2. The maximum Gasteiger partial charge on any atom is 0.340 e. The Morgan fingerprint density at radius 3 is 2.47 bits per heavy atom. The summed E-state index contributed by atoms with van der Waals surface area (Å²) in [7, 11) is 1.14. The van der Waals surface area contributed by atoms with Crippen molar-refractivity contribution in [3.05, 3.63) is 65.5 Å². The van der Waals surface area contributed by atoms with E-state index in [2.05, 4.69) is 15.2 Å². The first-order chi connectivity index (χ1) is 22.5. The normalized spacial score (nSPS) is 20.9. The Balaban J connectivity index is 1.28. The molecule has 1 saturated carbocycles. The number of aromatic nitrogens is 3. The lowest BCUT2D eigenvalue weighted by Crippen LogP contribution is -2.57. The fraction of sp³-hybridized carbons (Fsp3) is 0.444. The molecule has 11 heteroatoms. The van der Waals surface area contributed by atoms with E-state index in [0.717, 1.165) is 55.9 Å². The lowest BCUT2D eigenvalue weighted by atomic mass is 9.82. The van der Waals surface area contributed by atoms with Crippen LogP contribution in [-0.2, 0) is 14.9 Å². The van der Waals surface area contributed by atoms with E-state index in [1.54, 1.807) is 6.33 Å². The number of hydrogen-bond acceptors (Lipinski definition) is 7. The Labute approximate surface area is 272 Å². The average Bonchev–Trinajstić information content (AvgIpc) is 3.55. The van der Waals surface area contributed by atoms with Gasteiger partial charge in [0, 0.05) is 35.4 Å². The van der Waals surface area contributed by atoms with Crippen molar-refractivity contribution < 1.29 is 23.1 Å². The van der Waals surface area contributed by atoms with Crippen LogP contribution in [0.1, 0.15) is 81.8 Å². The highest BCUT2D eigenvalue weighted by atomic mass is 19.1. The molecule has 0 radical (unpaired) electrons. The molecule has 246 valence electrons. The van der Waals surface area contributed by atoms with Gasteiger partial charge in [0.1, 0.15) is 17.2 Å². The number of methoxy groups -OCH3 is 1. The zero-order chi connectivity index (χ0) is 33.2. The Kier molecular flexibility index (Phi) is 7.77. The molecule has 7 rings (SSSR count). The molecular weight excluding hydrogens is 602 g/mol. The van der Waals surface area contributed by atoms with Gasteiger partial charge in [-0.15, -0.1) is 0 Å². The second-order valence-electron chi connectivity index (χ2n) is 13.8. The molecule has 1 N–H and O–H groups in total. The molecule has 4 aromatic rings. The minimum absolute atomic E-state index is 0.00920. The van der Waals surface area contributed by atoms with Crippen LogP contribution >= 0.6 is 0 Å². The lowest BCUT2D eigenvalue weighted by Gasteiger charge is -2.48. The molecule has 47 heavy (non-hydrogen) atoms.